The van der Waals surface area contributed by atoms with Gasteiger partial charge in [0.2, 0.25) is 15.9 Å². The number of halogens is 1. The molecule has 0 spiro atoms. The lowest BCUT2D eigenvalue weighted by molar-refractivity contribution is -0.142. The van der Waals surface area contributed by atoms with Gasteiger partial charge in [-0.25, -0.2) is 12.8 Å². The fourth-order valence-corrected chi connectivity index (χ4v) is 6.27. The summed E-state index contributed by atoms with van der Waals surface area (Å²) in [5, 5.41) is 2.94. The van der Waals surface area contributed by atoms with Crippen molar-refractivity contribution in [3.05, 3.63) is 71.6 Å². The van der Waals surface area contributed by atoms with E-state index in [1.54, 1.807) is 19.1 Å². The number of nitrogens with one attached hydrogen (secondary N) is 1. The minimum absolute atomic E-state index is 0.0962. The van der Waals surface area contributed by atoms with Crippen LogP contribution in [0.15, 0.2) is 65.1 Å². The third-order valence-corrected chi connectivity index (χ3v) is 9.27. The Morgan fingerprint density at radius 2 is 1.78 bits per heavy atom. The Bertz CT molecular complexity index is 1310. The number of carbonyl (C=O) groups is 2. The van der Waals surface area contributed by atoms with Gasteiger partial charge in [0.05, 0.1) is 18.1 Å². The maximum atomic E-state index is 13.5. The lowest BCUT2D eigenvalue weighted by atomic mass is 9.97. The van der Waals surface area contributed by atoms with Crippen LogP contribution in [0.3, 0.4) is 0 Å². The number of sulfonamides is 1. The van der Waals surface area contributed by atoms with Gasteiger partial charge in [-0.1, -0.05) is 23.8 Å². The number of hydrogen-bond acceptors (Lipinski definition) is 6. The van der Waals surface area contributed by atoms with Gasteiger partial charge in [-0.15, -0.1) is 0 Å². The zero-order valence-corrected chi connectivity index (χ0v) is 24.2. The van der Waals surface area contributed by atoms with Crippen molar-refractivity contribution >= 4 is 21.8 Å². The standard InChI is InChI=1S/C30H38FN3O6S/c1-23(30(36)32-16-15-24-5-3-2-4-6-24)34(21-25-7-9-26(31)10-8-25)29(35)22-40-27-11-13-28(14-12-27)41(37,38)33-17-19-39-20-18-33/h5,7-14,23H,2-4,6,15-22H2,1H3,(H,32,36)/t23-/m1/s1. The average molecular weight is 588 g/mol. The minimum atomic E-state index is -3.65. The third-order valence-electron chi connectivity index (χ3n) is 7.36. The second kappa shape index (κ2) is 14.6. The topological polar surface area (TPSA) is 105 Å². The molecule has 222 valence electrons. The maximum Gasteiger partial charge on any atom is 0.261 e. The molecule has 2 aromatic carbocycles. The fourth-order valence-electron chi connectivity index (χ4n) is 4.87. The average Bonchev–Trinajstić information content (AvgIpc) is 3.00. The normalized spacial score (nSPS) is 16.9. The predicted octanol–water partition coefficient (Wildman–Crippen LogP) is 3.65. The van der Waals surface area contributed by atoms with Gasteiger partial charge in [-0.3, -0.25) is 9.59 Å². The lowest BCUT2D eigenvalue weighted by Gasteiger charge is -2.29. The number of morpholine rings is 1. The molecule has 2 aliphatic rings. The third kappa shape index (κ3) is 8.61. The van der Waals surface area contributed by atoms with Gasteiger partial charge in [0.25, 0.3) is 5.91 Å². The number of amides is 2. The smallest absolute Gasteiger partial charge is 0.261 e. The van der Waals surface area contributed by atoms with Crippen LogP contribution in [0, 0.1) is 5.82 Å². The van der Waals surface area contributed by atoms with Crippen molar-refractivity contribution in [3.63, 3.8) is 0 Å². The summed E-state index contributed by atoms with van der Waals surface area (Å²) >= 11 is 0. The van der Waals surface area contributed by atoms with Crippen LogP contribution in [0.1, 0.15) is 44.6 Å². The molecule has 11 heteroatoms. The molecule has 0 bridgehead atoms. The zero-order chi connectivity index (χ0) is 29.2. The first-order chi connectivity index (χ1) is 19.7. The van der Waals surface area contributed by atoms with Crippen LogP contribution in [-0.2, 0) is 30.9 Å². The van der Waals surface area contributed by atoms with E-state index in [1.807, 2.05) is 0 Å². The molecule has 1 fully saturated rings. The molecule has 2 amide bonds. The maximum absolute atomic E-state index is 13.5. The van der Waals surface area contributed by atoms with Crippen molar-refractivity contribution in [2.45, 2.75) is 56.5 Å². The van der Waals surface area contributed by atoms with Crippen molar-refractivity contribution in [2.75, 3.05) is 39.5 Å². The Morgan fingerprint density at radius 1 is 1.07 bits per heavy atom. The second-order valence-electron chi connectivity index (χ2n) is 10.2. The van der Waals surface area contributed by atoms with Gasteiger partial charge < -0.3 is 19.7 Å². The summed E-state index contributed by atoms with van der Waals surface area (Å²) in [6, 6.07) is 10.9. The number of ether oxygens (including phenoxy) is 2. The number of hydrogen-bond donors (Lipinski definition) is 1. The Labute approximate surface area is 241 Å². The molecule has 2 aromatic rings. The van der Waals surface area contributed by atoms with Crippen molar-refractivity contribution < 1.29 is 31.9 Å². The highest BCUT2D eigenvalue weighted by Crippen LogP contribution is 2.22. The lowest BCUT2D eigenvalue weighted by Crippen LogP contribution is -2.49. The molecular formula is C30H38FN3O6S. The molecule has 1 aliphatic heterocycles. The first-order valence-electron chi connectivity index (χ1n) is 14.0. The summed E-state index contributed by atoms with van der Waals surface area (Å²) in [6.45, 7) is 3.17. The van der Waals surface area contributed by atoms with Crippen LogP contribution in [0.25, 0.3) is 0 Å². The van der Waals surface area contributed by atoms with Gasteiger partial charge in [0, 0.05) is 26.2 Å². The highest BCUT2D eigenvalue weighted by Gasteiger charge is 2.28. The summed E-state index contributed by atoms with van der Waals surface area (Å²) < 4.78 is 51.5. The van der Waals surface area contributed by atoms with Gasteiger partial charge in [-0.05, 0) is 81.0 Å². The minimum Gasteiger partial charge on any atom is -0.484 e. The molecule has 1 heterocycles. The van der Waals surface area contributed by atoms with Crippen LogP contribution < -0.4 is 10.1 Å². The SMILES string of the molecule is C[C@H](C(=O)NCCC1=CCCCC1)N(Cc1ccc(F)cc1)C(=O)COc1ccc(S(=O)(=O)N2CCOCC2)cc1. The summed E-state index contributed by atoms with van der Waals surface area (Å²) in [6.07, 6.45) is 7.52. The van der Waals surface area contributed by atoms with Crippen LogP contribution in [0.4, 0.5) is 4.39 Å². The van der Waals surface area contributed by atoms with Gasteiger partial charge in [0.15, 0.2) is 6.61 Å². The summed E-state index contributed by atoms with van der Waals surface area (Å²) in [7, 11) is -3.65. The van der Waals surface area contributed by atoms with Crippen molar-refractivity contribution in [1.29, 1.82) is 0 Å². The summed E-state index contributed by atoms with van der Waals surface area (Å²) in [5.41, 5.74) is 2.02. The quantitative estimate of drug-likeness (QED) is 0.380. The molecule has 1 saturated heterocycles. The van der Waals surface area contributed by atoms with E-state index in [0.29, 0.717) is 44.2 Å². The van der Waals surface area contributed by atoms with Crippen molar-refractivity contribution in [3.8, 4) is 5.75 Å². The van der Waals surface area contributed by atoms with Crippen LogP contribution in [0.2, 0.25) is 0 Å². The Balaban J connectivity index is 1.38. The first kappa shape index (κ1) is 30.7. The Kier molecular flexibility index (Phi) is 10.9. The number of nitrogens with zero attached hydrogens (tertiary/aromatic N) is 2. The number of carbonyl (C=O) groups excluding carboxylic acids is 2. The van der Waals surface area contributed by atoms with E-state index in [9.17, 15) is 22.4 Å². The van der Waals surface area contributed by atoms with E-state index < -0.39 is 27.8 Å². The highest BCUT2D eigenvalue weighted by molar-refractivity contribution is 7.89. The van der Waals surface area contributed by atoms with E-state index in [0.717, 1.165) is 19.3 Å². The van der Waals surface area contributed by atoms with E-state index in [4.69, 9.17) is 9.47 Å². The van der Waals surface area contributed by atoms with Crippen molar-refractivity contribution in [1.82, 2.24) is 14.5 Å². The van der Waals surface area contributed by atoms with Gasteiger partial charge >= 0.3 is 0 Å². The van der Waals surface area contributed by atoms with Gasteiger partial charge in [-0.2, -0.15) is 4.31 Å². The number of rotatable bonds is 12. The molecule has 1 N–H and O–H groups in total. The van der Waals surface area contributed by atoms with Crippen LogP contribution >= 0.6 is 0 Å². The number of benzene rings is 2. The van der Waals surface area contributed by atoms with Crippen LogP contribution in [0.5, 0.6) is 5.75 Å². The van der Waals surface area contributed by atoms with Gasteiger partial charge in [0.1, 0.15) is 17.6 Å². The number of allylic oxidation sites excluding steroid dienone is 1. The van der Waals surface area contributed by atoms with E-state index >= 15 is 0 Å². The molecule has 0 saturated carbocycles. The molecule has 9 nitrogen and oxygen atoms in total. The largest absolute Gasteiger partial charge is 0.484 e. The molecule has 41 heavy (non-hydrogen) atoms. The van der Waals surface area contributed by atoms with E-state index in [1.165, 1.54) is 64.0 Å². The van der Waals surface area contributed by atoms with E-state index in [2.05, 4.69) is 11.4 Å². The summed E-state index contributed by atoms with van der Waals surface area (Å²) in [5.74, 6) is -0.790. The van der Waals surface area contributed by atoms with E-state index in [-0.39, 0.29) is 24.0 Å². The molecule has 1 atom stereocenters. The molecule has 0 radical (unpaired) electrons. The molecular weight excluding hydrogens is 549 g/mol. The highest BCUT2D eigenvalue weighted by atomic mass is 32.2. The molecule has 0 aromatic heterocycles. The first-order valence-corrected chi connectivity index (χ1v) is 15.5. The fraction of sp³-hybridized carbons (Fsp3) is 0.467. The monoisotopic (exact) mass is 587 g/mol. The second-order valence-corrected chi connectivity index (χ2v) is 12.2. The van der Waals surface area contributed by atoms with Crippen molar-refractivity contribution in [2.24, 2.45) is 0 Å². The molecule has 0 unspecified atom stereocenters. The Morgan fingerprint density at radius 3 is 2.44 bits per heavy atom. The Hall–Kier alpha value is -3.28. The predicted molar refractivity (Wildman–Crippen MR) is 152 cm³/mol. The summed E-state index contributed by atoms with van der Waals surface area (Å²) in [4.78, 5) is 27.9. The molecule has 4 rings (SSSR count). The molecule has 1 aliphatic carbocycles. The zero-order valence-electron chi connectivity index (χ0n) is 23.4. The van der Waals surface area contributed by atoms with Crippen LogP contribution in [-0.4, -0.2) is 74.9 Å².